The zero-order valence-corrected chi connectivity index (χ0v) is 17.5. The van der Waals surface area contributed by atoms with E-state index in [0.29, 0.717) is 22.3 Å². The molecule has 0 bridgehead atoms. The van der Waals surface area contributed by atoms with Crippen LogP contribution in [0.5, 0.6) is 0 Å². The van der Waals surface area contributed by atoms with Crippen molar-refractivity contribution in [2.45, 2.75) is 39.5 Å². The van der Waals surface area contributed by atoms with E-state index in [-0.39, 0.29) is 11.4 Å². The molecule has 1 aromatic carbocycles. The fourth-order valence-electron chi connectivity index (χ4n) is 3.13. The number of fused-ring (bicyclic) bond motifs is 3. The van der Waals surface area contributed by atoms with Gasteiger partial charge in [-0.25, -0.2) is 20.2 Å². The van der Waals surface area contributed by atoms with Crippen LogP contribution in [0.4, 0.5) is 0 Å². The second-order valence-electron chi connectivity index (χ2n) is 6.99. The van der Waals surface area contributed by atoms with Gasteiger partial charge in [0.25, 0.3) is 11.4 Å². The summed E-state index contributed by atoms with van der Waals surface area (Å²) in [5, 5.41) is 21.6. The van der Waals surface area contributed by atoms with Gasteiger partial charge in [-0.1, -0.05) is 27.7 Å². The molecule has 2 aromatic heterocycles. The average molecular weight is 401 g/mol. The van der Waals surface area contributed by atoms with Crippen molar-refractivity contribution < 1.29 is 0 Å². The van der Waals surface area contributed by atoms with Gasteiger partial charge in [-0.2, -0.15) is 0 Å². The third-order valence-corrected chi connectivity index (χ3v) is 7.58. The minimum Gasteiger partial charge on any atom is -0.226 e. The Bertz CT molecular complexity index is 1260. The van der Waals surface area contributed by atoms with Gasteiger partial charge in [0, 0.05) is 9.75 Å². The largest absolute Gasteiger partial charge is 0.268 e. The monoisotopic (exact) mass is 400 g/mol. The normalized spacial score (nSPS) is 13.2. The molecule has 0 aliphatic heterocycles. The smallest absolute Gasteiger partial charge is 0.226 e. The quantitative estimate of drug-likeness (QED) is 0.536. The lowest BCUT2D eigenvalue weighted by Crippen LogP contribution is -2.29. The molecule has 0 unspecified atom stereocenters. The van der Waals surface area contributed by atoms with E-state index in [1.807, 2.05) is 24.3 Å². The van der Waals surface area contributed by atoms with Crippen molar-refractivity contribution in [3.05, 3.63) is 55.2 Å². The van der Waals surface area contributed by atoms with Crippen molar-refractivity contribution in [3.63, 3.8) is 0 Å². The Morgan fingerprint density at radius 1 is 0.821 bits per heavy atom. The minimum atomic E-state index is -0.0799. The third-order valence-electron chi connectivity index (χ3n) is 4.54. The number of hydrogen-bond acceptors (Lipinski definition) is 4. The van der Waals surface area contributed by atoms with Crippen molar-refractivity contribution in [2.24, 2.45) is 0 Å². The number of thiophene rings is 2. The molecule has 6 heteroatoms. The Morgan fingerprint density at radius 3 is 1.43 bits per heavy atom. The van der Waals surface area contributed by atoms with Crippen molar-refractivity contribution in [3.8, 4) is 12.1 Å². The van der Waals surface area contributed by atoms with Crippen molar-refractivity contribution >= 4 is 54.2 Å². The molecule has 0 aliphatic rings. The maximum atomic E-state index is 9.61. The molecular weight excluding hydrogens is 384 g/mol. The predicted octanol–water partition coefficient (Wildman–Crippen LogP) is 5.46. The molecule has 3 rings (SSSR count). The number of hydrogen-bond donors (Lipinski definition) is 0. The van der Waals surface area contributed by atoms with E-state index in [9.17, 15) is 10.5 Å². The molecule has 28 heavy (non-hydrogen) atoms. The summed E-state index contributed by atoms with van der Waals surface area (Å²) in [7, 11) is 0. The van der Waals surface area contributed by atoms with Crippen LogP contribution in [0.25, 0.3) is 41.3 Å². The van der Waals surface area contributed by atoms with Crippen LogP contribution in [-0.2, 0) is 0 Å². The van der Waals surface area contributed by atoms with Gasteiger partial charge in [0.15, 0.2) is 0 Å². The highest BCUT2D eigenvalue weighted by molar-refractivity contribution is 7.27. The van der Waals surface area contributed by atoms with Crippen LogP contribution in [0.3, 0.4) is 0 Å². The summed E-state index contributed by atoms with van der Waals surface area (Å²) in [5.74, 6) is 0.596. The maximum absolute atomic E-state index is 9.61. The lowest BCUT2D eigenvalue weighted by Gasteiger charge is -2.00. The first-order chi connectivity index (χ1) is 13.4. The second-order valence-corrected chi connectivity index (χ2v) is 9.15. The van der Waals surface area contributed by atoms with E-state index in [4.69, 9.17) is 13.1 Å². The van der Waals surface area contributed by atoms with Crippen LogP contribution >= 0.6 is 22.7 Å². The lowest BCUT2D eigenvalue weighted by atomic mass is 10.0. The molecule has 0 aliphatic carbocycles. The van der Waals surface area contributed by atoms with E-state index in [1.165, 1.54) is 0 Å². The molecule has 3 aromatic rings. The zero-order chi connectivity index (χ0) is 20.6. The van der Waals surface area contributed by atoms with Crippen LogP contribution in [0.15, 0.2) is 12.1 Å². The SMILES string of the molecule is [C-]#[N+]/C(C#N)=c1\c(=C(/C#N)[N+]#[C-])c2cc(C(C)C)sc2c2sc(C(C)C)cc12. The fraction of sp³-hybridized carbons (Fsp3) is 0.273. The average Bonchev–Trinajstić information content (AvgIpc) is 3.29. The first-order valence-corrected chi connectivity index (χ1v) is 10.3. The summed E-state index contributed by atoms with van der Waals surface area (Å²) in [4.78, 5) is 9.16. The summed E-state index contributed by atoms with van der Waals surface area (Å²) in [6, 6.07) is 7.99. The first-order valence-electron chi connectivity index (χ1n) is 8.70. The van der Waals surface area contributed by atoms with Crippen LogP contribution < -0.4 is 10.4 Å². The predicted molar refractivity (Wildman–Crippen MR) is 116 cm³/mol. The molecule has 136 valence electrons. The summed E-state index contributed by atoms with van der Waals surface area (Å²) >= 11 is 3.33. The van der Waals surface area contributed by atoms with Gasteiger partial charge < -0.3 is 0 Å². The zero-order valence-electron chi connectivity index (χ0n) is 15.9. The van der Waals surface area contributed by atoms with Gasteiger partial charge in [0.2, 0.25) is 0 Å². The third kappa shape index (κ3) is 2.94. The van der Waals surface area contributed by atoms with E-state index in [1.54, 1.807) is 22.7 Å². The molecule has 2 heterocycles. The van der Waals surface area contributed by atoms with Crippen LogP contribution in [-0.4, -0.2) is 0 Å². The van der Waals surface area contributed by atoms with Crippen LogP contribution in [0, 0.1) is 35.8 Å². The van der Waals surface area contributed by atoms with Crippen LogP contribution in [0.1, 0.15) is 49.3 Å². The molecule has 0 saturated carbocycles. The standard InChI is InChI=1S/C22H16N4S2/c1-11(2)17-7-13-19(15(9-23)25-5)20(16(10-24)26-6)14-8-18(12(3)4)28-22(14)21(13)27-17/h7-8,11-12H,1-4H3/b19-15-,20-16+. The number of nitriles is 2. The van der Waals surface area contributed by atoms with Gasteiger partial charge in [0.05, 0.1) is 34.7 Å². The Hall–Kier alpha value is -3.16. The number of nitrogens with zero attached hydrogens (tertiary/aromatic N) is 4. The number of benzene rings is 1. The summed E-state index contributed by atoms with van der Waals surface area (Å²) in [6.07, 6.45) is 0. The van der Waals surface area contributed by atoms with E-state index >= 15 is 0 Å². The van der Waals surface area contributed by atoms with Gasteiger partial charge in [0.1, 0.15) is 0 Å². The Balaban J connectivity index is 2.87. The Morgan fingerprint density at radius 2 is 1.18 bits per heavy atom. The minimum absolute atomic E-state index is 0.0799. The Kier molecular flexibility index (Phi) is 5.22. The molecule has 0 radical (unpaired) electrons. The lowest BCUT2D eigenvalue weighted by molar-refractivity contribution is 0.890. The van der Waals surface area contributed by atoms with Gasteiger partial charge in [-0.05, 0) is 45.2 Å². The molecule has 0 atom stereocenters. The maximum Gasteiger partial charge on any atom is 0.268 e. The molecule has 0 spiro atoms. The molecule has 0 amide bonds. The van der Waals surface area contributed by atoms with E-state index in [0.717, 1.165) is 29.9 Å². The summed E-state index contributed by atoms with van der Waals surface area (Å²) in [5.41, 5.74) is -0.160. The molecular formula is C22H16N4S2. The van der Waals surface area contributed by atoms with E-state index in [2.05, 4.69) is 37.4 Å². The molecule has 0 saturated heterocycles. The van der Waals surface area contributed by atoms with Crippen molar-refractivity contribution in [1.29, 1.82) is 10.5 Å². The van der Waals surface area contributed by atoms with E-state index < -0.39 is 0 Å². The van der Waals surface area contributed by atoms with Crippen molar-refractivity contribution in [2.75, 3.05) is 0 Å². The first kappa shape index (κ1) is 19.6. The summed E-state index contributed by atoms with van der Waals surface area (Å²) in [6.45, 7) is 23.4. The van der Waals surface area contributed by atoms with Gasteiger partial charge in [-0.15, -0.1) is 22.7 Å². The molecule has 0 N–H and O–H groups in total. The highest BCUT2D eigenvalue weighted by Crippen LogP contribution is 2.38. The van der Waals surface area contributed by atoms with Crippen LogP contribution in [0.2, 0.25) is 0 Å². The van der Waals surface area contributed by atoms with Gasteiger partial charge in [-0.3, -0.25) is 0 Å². The molecule has 4 nitrogen and oxygen atoms in total. The Labute approximate surface area is 171 Å². The number of rotatable bonds is 2. The highest BCUT2D eigenvalue weighted by Gasteiger charge is 2.19. The molecule has 0 fully saturated rings. The highest BCUT2D eigenvalue weighted by atomic mass is 32.1. The second kappa shape index (κ2) is 7.46. The van der Waals surface area contributed by atoms with Crippen molar-refractivity contribution in [1.82, 2.24) is 0 Å². The summed E-state index contributed by atoms with van der Waals surface area (Å²) < 4.78 is 2.04. The topological polar surface area (TPSA) is 56.3 Å². The fourth-order valence-corrected chi connectivity index (χ4v) is 5.63. The van der Waals surface area contributed by atoms with Gasteiger partial charge >= 0.3 is 0 Å².